The molecule has 8 heteroatoms. The smallest absolute Gasteiger partial charge is 0.263 e. The lowest BCUT2D eigenvalue weighted by molar-refractivity contribution is 0.0983. The van der Waals surface area contributed by atoms with E-state index < -0.39 is 0 Å². The molecule has 3 rings (SSSR count). The first-order chi connectivity index (χ1) is 12.8. The Labute approximate surface area is 175 Å². The average molecular weight is 424 g/mol. The van der Waals surface area contributed by atoms with E-state index in [1.165, 1.54) is 11.3 Å². The quantitative estimate of drug-likeness (QED) is 0.586. The minimum absolute atomic E-state index is 0. The number of rotatable bonds is 6. The van der Waals surface area contributed by atoms with Crippen molar-refractivity contribution in [1.29, 1.82) is 0 Å². The number of carbonyl (C=O) groups excluding carboxylic acids is 1. The molecular weight excluding hydrogens is 398 g/mol. The zero-order valence-electron chi connectivity index (χ0n) is 17.0. The van der Waals surface area contributed by atoms with Crippen molar-refractivity contribution in [3.8, 4) is 5.75 Å². The summed E-state index contributed by atoms with van der Waals surface area (Å²) in [5.74, 6) is 1.97. The Hall–Kier alpha value is -2.09. The van der Waals surface area contributed by atoms with Gasteiger partial charge in [0.2, 0.25) is 0 Å². The molecule has 0 spiro atoms. The van der Waals surface area contributed by atoms with Gasteiger partial charge in [0.15, 0.2) is 5.13 Å². The van der Waals surface area contributed by atoms with E-state index in [0.29, 0.717) is 28.7 Å². The van der Waals surface area contributed by atoms with E-state index in [2.05, 4.69) is 0 Å². The summed E-state index contributed by atoms with van der Waals surface area (Å²) in [6, 6.07) is 5.72. The third kappa shape index (κ3) is 4.32. The number of hydrogen-bond donors (Lipinski definition) is 0. The van der Waals surface area contributed by atoms with Crippen LogP contribution >= 0.6 is 23.7 Å². The van der Waals surface area contributed by atoms with Gasteiger partial charge in [-0.25, -0.2) is 4.98 Å². The molecule has 0 fully saturated rings. The molecule has 0 saturated carbocycles. The number of halogens is 1. The summed E-state index contributed by atoms with van der Waals surface area (Å²) in [6.45, 7) is 6.97. The Morgan fingerprint density at radius 2 is 1.93 bits per heavy atom. The molecule has 0 aliphatic carbocycles. The van der Waals surface area contributed by atoms with Gasteiger partial charge in [-0.05, 0) is 52.6 Å². The topological polar surface area (TPSA) is 58.8 Å². The molecule has 0 N–H and O–H groups in total. The molecule has 1 aromatic carbocycles. The van der Waals surface area contributed by atoms with Crippen LogP contribution in [0.4, 0.5) is 5.13 Å². The summed E-state index contributed by atoms with van der Waals surface area (Å²) in [5.41, 5.74) is 2.49. The molecular formula is C20H26ClN3O3S. The Morgan fingerprint density at radius 3 is 2.50 bits per heavy atom. The van der Waals surface area contributed by atoms with Gasteiger partial charge in [0, 0.05) is 13.1 Å². The number of ether oxygens (including phenoxy) is 1. The van der Waals surface area contributed by atoms with Crippen LogP contribution in [-0.4, -0.2) is 50.1 Å². The van der Waals surface area contributed by atoms with Gasteiger partial charge in [0.05, 0.1) is 17.4 Å². The highest BCUT2D eigenvalue weighted by Gasteiger charge is 2.25. The van der Waals surface area contributed by atoms with Gasteiger partial charge in [-0.15, -0.1) is 12.4 Å². The third-order valence-corrected chi connectivity index (χ3v) is 5.64. The Morgan fingerprint density at radius 1 is 1.21 bits per heavy atom. The van der Waals surface area contributed by atoms with Crippen LogP contribution in [0.3, 0.4) is 0 Å². The summed E-state index contributed by atoms with van der Waals surface area (Å²) < 4.78 is 12.1. The molecule has 0 aliphatic heterocycles. The molecule has 0 bridgehead atoms. The van der Waals surface area contributed by atoms with Crippen LogP contribution in [0.2, 0.25) is 0 Å². The third-order valence-electron chi connectivity index (χ3n) is 4.43. The number of amides is 1. The van der Waals surface area contributed by atoms with E-state index in [1.54, 1.807) is 18.1 Å². The molecule has 0 unspecified atom stereocenters. The van der Waals surface area contributed by atoms with Gasteiger partial charge in [-0.3, -0.25) is 9.69 Å². The van der Waals surface area contributed by atoms with Crippen molar-refractivity contribution < 1.29 is 13.9 Å². The van der Waals surface area contributed by atoms with E-state index in [-0.39, 0.29) is 18.3 Å². The maximum atomic E-state index is 13.3. The molecule has 0 aliphatic rings. The molecule has 1 amide bonds. The highest BCUT2D eigenvalue weighted by Crippen LogP contribution is 2.37. The van der Waals surface area contributed by atoms with Crippen LogP contribution in [-0.2, 0) is 0 Å². The van der Waals surface area contributed by atoms with E-state index in [1.807, 2.05) is 51.9 Å². The first-order valence-electron chi connectivity index (χ1n) is 8.79. The van der Waals surface area contributed by atoms with Crippen molar-refractivity contribution in [1.82, 2.24) is 9.88 Å². The molecule has 152 valence electrons. The standard InChI is InChI=1S/C20H25N3O3S.ClH/c1-12-7-8-16(25-6)17-18(12)27-20(21-17)23(10-9-22(4)5)19(24)15-11-13(2)26-14(15)3;/h7-8,11H,9-10H2,1-6H3;1H. The summed E-state index contributed by atoms with van der Waals surface area (Å²) in [4.78, 5) is 21.8. The number of fused-ring (bicyclic) bond motifs is 1. The van der Waals surface area contributed by atoms with E-state index in [9.17, 15) is 4.79 Å². The van der Waals surface area contributed by atoms with Gasteiger partial charge < -0.3 is 14.1 Å². The molecule has 0 radical (unpaired) electrons. The van der Waals surface area contributed by atoms with Crippen molar-refractivity contribution in [2.75, 3.05) is 39.2 Å². The van der Waals surface area contributed by atoms with Crippen molar-refractivity contribution in [2.24, 2.45) is 0 Å². The van der Waals surface area contributed by atoms with Gasteiger partial charge >= 0.3 is 0 Å². The lowest BCUT2D eigenvalue weighted by atomic mass is 10.2. The number of methoxy groups -OCH3 is 1. The lowest BCUT2D eigenvalue weighted by Crippen LogP contribution is -2.36. The van der Waals surface area contributed by atoms with E-state index in [4.69, 9.17) is 14.1 Å². The second-order valence-corrected chi connectivity index (χ2v) is 7.82. The summed E-state index contributed by atoms with van der Waals surface area (Å²) >= 11 is 1.51. The SMILES string of the molecule is COc1ccc(C)c2sc(N(CCN(C)C)C(=O)c3cc(C)oc3C)nc12.Cl. The molecule has 28 heavy (non-hydrogen) atoms. The Balaban J connectivity index is 0.00000280. The van der Waals surface area contributed by atoms with Crippen molar-refractivity contribution >= 4 is 45.0 Å². The Kier molecular flexibility index (Phi) is 7.09. The first kappa shape index (κ1) is 22.2. The number of aryl methyl sites for hydroxylation is 3. The highest BCUT2D eigenvalue weighted by atomic mass is 35.5. The minimum Gasteiger partial charge on any atom is -0.494 e. The molecule has 3 aromatic rings. The number of aromatic nitrogens is 1. The number of benzene rings is 1. The van der Waals surface area contributed by atoms with Gasteiger partial charge in [-0.1, -0.05) is 17.4 Å². The minimum atomic E-state index is -0.0955. The van der Waals surface area contributed by atoms with Crippen LogP contribution in [0, 0.1) is 20.8 Å². The average Bonchev–Trinajstić information content (AvgIpc) is 3.19. The van der Waals surface area contributed by atoms with E-state index in [0.717, 1.165) is 28.1 Å². The molecule has 2 heterocycles. The summed E-state index contributed by atoms with van der Waals surface area (Å²) in [6.07, 6.45) is 0. The van der Waals surface area contributed by atoms with Crippen molar-refractivity contribution in [3.63, 3.8) is 0 Å². The van der Waals surface area contributed by atoms with Gasteiger partial charge in [-0.2, -0.15) is 0 Å². The van der Waals surface area contributed by atoms with Crippen molar-refractivity contribution in [3.05, 3.63) is 40.8 Å². The number of thiazole rings is 1. The van der Waals surface area contributed by atoms with Crippen molar-refractivity contribution in [2.45, 2.75) is 20.8 Å². The maximum absolute atomic E-state index is 13.3. The summed E-state index contributed by atoms with van der Waals surface area (Å²) in [7, 11) is 5.61. The normalized spacial score (nSPS) is 11.0. The van der Waals surface area contributed by atoms with Crippen LogP contribution < -0.4 is 9.64 Å². The lowest BCUT2D eigenvalue weighted by Gasteiger charge is -2.21. The zero-order valence-corrected chi connectivity index (χ0v) is 18.7. The predicted molar refractivity (Wildman–Crippen MR) is 117 cm³/mol. The van der Waals surface area contributed by atoms with Crippen LogP contribution in [0.5, 0.6) is 5.75 Å². The summed E-state index contributed by atoms with van der Waals surface area (Å²) in [5, 5.41) is 0.669. The van der Waals surface area contributed by atoms with Crippen LogP contribution in [0.25, 0.3) is 10.2 Å². The second kappa shape index (κ2) is 8.94. The fourth-order valence-electron chi connectivity index (χ4n) is 2.95. The Bertz CT molecular complexity index is 981. The number of hydrogen-bond acceptors (Lipinski definition) is 6. The number of furan rings is 1. The maximum Gasteiger partial charge on any atom is 0.263 e. The molecule has 0 atom stereocenters. The largest absolute Gasteiger partial charge is 0.494 e. The zero-order chi connectivity index (χ0) is 19.7. The van der Waals surface area contributed by atoms with Crippen LogP contribution in [0.1, 0.15) is 27.4 Å². The molecule has 2 aromatic heterocycles. The molecule has 6 nitrogen and oxygen atoms in total. The van der Waals surface area contributed by atoms with Crippen LogP contribution in [0.15, 0.2) is 22.6 Å². The van der Waals surface area contributed by atoms with E-state index >= 15 is 0 Å². The molecule has 0 saturated heterocycles. The second-order valence-electron chi connectivity index (χ2n) is 6.85. The number of nitrogens with zero attached hydrogens (tertiary/aromatic N) is 3. The monoisotopic (exact) mass is 423 g/mol. The van der Waals surface area contributed by atoms with Gasteiger partial charge in [0.1, 0.15) is 22.8 Å². The fraction of sp³-hybridized carbons (Fsp3) is 0.400. The number of anilines is 1. The number of likely N-dealkylation sites (N-methyl/N-ethyl adjacent to an activating group) is 1. The number of carbonyl (C=O) groups is 1. The van der Waals surface area contributed by atoms with Gasteiger partial charge in [0.25, 0.3) is 5.91 Å². The first-order valence-corrected chi connectivity index (χ1v) is 9.61. The predicted octanol–water partition coefficient (Wildman–Crippen LogP) is 4.45. The highest BCUT2D eigenvalue weighted by molar-refractivity contribution is 7.22. The fourth-order valence-corrected chi connectivity index (χ4v) is 4.03.